The van der Waals surface area contributed by atoms with Crippen molar-refractivity contribution in [3.63, 3.8) is 0 Å². The molecule has 0 aromatic heterocycles. The van der Waals surface area contributed by atoms with Gasteiger partial charge in [-0.15, -0.1) is 0 Å². The lowest BCUT2D eigenvalue weighted by molar-refractivity contribution is 0.145. The molecular weight excluding hydrogens is 254 g/mol. The molecule has 21 heavy (non-hydrogen) atoms. The van der Waals surface area contributed by atoms with Crippen molar-refractivity contribution in [2.45, 2.75) is 91.9 Å². The van der Waals surface area contributed by atoms with Crippen LogP contribution in [-0.4, -0.2) is 24.5 Å². The first-order chi connectivity index (χ1) is 10.2. The molecule has 2 atom stereocenters. The summed E-state index contributed by atoms with van der Waals surface area (Å²) in [5.41, 5.74) is 0. The zero-order valence-electron chi connectivity index (χ0n) is 15.4. The molecule has 1 aliphatic rings. The lowest BCUT2D eigenvalue weighted by atomic mass is 9.82. The average molecular weight is 296 g/mol. The average Bonchev–Trinajstić information content (AvgIpc) is 2.50. The SMILES string of the molecule is CCCCC(C)C1CCN(CCCCC(C)CCC)CC1. The Hall–Kier alpha value is -0.0400. The molecule has 2 unspecified atom stereocenters. The van der Waals surface area contributed by atoms with Crippen LogP contribution in [0.4, 0.5) is 0 Å². The van der Waals surface area contributed by atoms with E-state index < -0.39 is 0 Å². The Labute approximate surface area is 134 Å². The summed E-state index contributed by atoms with van der Waals surface area (Å²) in [6, 6.07) is 0. The third-order valence-corrected chi connectivity index (χ3v) is 5.65. The monoisotopic (exact) mass is 295 g/mol. The first-order valence-electron chi connectivity index (χ1n) is 9.89. The van der Waals surface area contributed by atoms with Gasteiger partial charge in [0.1, 0.15) is 0 Å². The van der Waals surface area contributed by atoms with Gasteiger partial charge in [0.05, 0.1) is 0 Å². The lowest BCUT2D eigenvalue weighted by Crippen LogP contribution is -2.36. The largest absolute Gasteiger partial charge is 0.303 e. The summed E-state index contributed by atoms with van der Waals surface area (Å²) in [6.07, 6.45) is 14.2. The number of piperidine rings is 1. The molecule has 0 bridgehead atoms. The molecule has 1 heterocycles. The minimum atomic E-state index is 0.945. The van der Waals surface area contributed by atoms with Gasteiger partial charge in [-0.2, -0.15) is 0 Å². The molecule has 1 heteroatoms. The highest BCUT2D eigenvalue weighted by molar-refractivity contribution is 4.76. The number of likely N-dealkylation sites (tertiary alicyclic amines) is 1. The quantitative estimate of drug-likeness (QED) is 0.414. The standard InChI is InChI=1S/C20H41N/c1-5-7-12-19(4)20-13-16-21(17-14-20)15-9-8-11-18(3)10-6-2/h18-20H,5-17H2,1-4H3. The fourth-order valence-corrected chi connectivity index (χ4v) is 3.97. The van der Waals surface area contributed by atoms with Gasteiger partial charge in [-0.05, 0) is 56.7 Å². The fraction of sp³-hybridized carbons (Fsp3) is 1.00. The van der Waals surface area contributed by atoms with E-state index in [-0.39, 0.29) is 0 Å². The molecule has 0 aromatic carbocycles. The molecule has 1 nitrogen and oxygen atoms in total. The first kappa shape index (κ1) is 19.0. The number of rotatable bonds is 11. The van der Waals surface area contributed by atoms with Crippen molar-refractivity contribution in [3.05, 3.63) is 0 Å². The second-order valence-corrected chi connectivity index (χ2v) is 7.69. The van der Waals surface area contributed by atoms with Crippen LogP contribution in [0.1, 0.15) is 91.9 Å². The van der Waals surface area contributed by atoms with E-state index in [1.54, 1.807) is 0 Å². The summed E-state index contributed by atoms with van der Waals surface area (Å²) >= 11 is 0. The number of nitrogens with zero attached hydrogens (tertiary/aromatic N) is 1. The van der Waals surface area contributed by atoms with Crippen molar-refractivity contribution in [2.24, 2.45) is 17.8 Å². The van der Waals surface area contributed by atoms with E-state index in [1.165, 1.54) is 83.8 Å². The number of hydrogen-bond acceptors (Lipinski definition) is 1. The maximum atomic E-state index is 2.73. The van der Waals surface area contributed by atoms with Crippen molar-refractivity contribution in [3.8, 4) is 0 Å². The highest BCUT2D eigenvalue weighted by Crippen LogP contribution is 2.28. The molecule has 0 amide bonds. The number of unbranched alkanes of at least 4 members (excludes halogenated alkanes) is 2. The zero-order chi connectivity index (χ0) is 15.5. The summed E-state index contributed by atoms with van der Waals surface area (Å²) in [5, 5.41) is 0. The minimum absolute atomic E-state index is 0.945. The van der Waals surface area contributed by atoms with Gasteiger partial charge in [-0.3, -0.25) is 0 Å². The summed E-state index contributed by atoms with van der Waals surface area (Å²) in [5.74, 6) is 2.92. The maximum absolute atomic E-state index is 2.73. The van der Waals surface area contributed by atoms with Gasteiger partial charge in [-0.25, -0.2) is 0 Å². The highest BCUT2D eigenvalue weighted by Gasteiger charge is 2.23. The van der Waals surface area contributed by atoms with Crippen molar-refractivity contribution < 1.29 is 0 Å². The molecule has 1 aliphatic heterocycles. The van der Waals surface area contributed by atoms with Crippen LogP contribution in [0.2, 0.25) is 0 Å². The summed E-state index contributed by atoms with van der Waals surface area (Å²) in [6.45, 7) is 13.6. The molecule has 1 fully saturated rings. The Morgan fingerprint density at radius 3 is 2.19 bits per heavy atom. The molecule has 1 saturated heterocycles. The third kappa shape index (κ3) is 8.24. The van der Waals surface area contributed by atoms with E-state index in [1.807, 2.05) is 0 Å². The van der Waals surface area contributed by atoms with Crippen LogP contribution in [-0.2, 0) is 0 Å². The van der Waals surface area contributed by atoms with Crippen LogP contribution in [0.25, 0.3) is 0 Å². The Bertz CT molecular complexity index is 230. The molecular formula is C20H41N. The van der Waals surface area contributed by atoms with Gasteiger partial charge >= 0.3 is 0 Å². The smallest absolute Gasteiger partial charge is 0.00160 e. The summed E-state index contributed by atoms with van der Waals surface area (Å²) < 4.78 is 0. The first-order valence-corrected chi connectivity index (χ1v) is 9.89. The second-order valence-electron chi connectivity index (χ2n) is 7.69. The molecule has 0 spiro atoms. The van der Waals surface area contributed by atoms with Gasteiger partial charge in [0.2, 0.25) is 0 Å². The van der Waals surface area contributed by atoms with Crippen LogP contribution in [0, 0.1) is 17.8 Å². The van der Waals surface area contributed by atoms with Gasteiger partial charge in [0.25, 0.3) is 0 Å². The Kier molecular flexibility index (Phi) is 10.4. The van der Waals surface area contributed by atoms with E-state index in [2.05, 4.69) is 32.6 Å². The van der Waals surface area contributed by atoms with Gasteiger partial charge in [0.15, 0.2) is 0 Å². The van der Waals surface area contributed by atoms with Crippen molar-refractivity contribution >= 4 is 0 Å². The fourth-order valence-electron chi connectivity index (χ4n) is 3.97. The molecule has 0 aromatic rings. The Morgan fingerprint density at radius 1 is 0.857 bits per heavy atom. The van der Waals surface area contributed by atoms with Crippen molar-refractivity contribution in [1.29, 1.82) is 0 Å². The second kappa shape index (κ2) is 11.5. The summed E-state index contributed by atoms with van der Waals surface area (Å²) in [7, 11) is 0. The predicted octanol–water partition coefficient (Wildman–Crippen LogP) is 6.13. The lowest BCUT2D eigenvalue weighted by Gasteiger charge is -2.35. The van der Waals surface area contributed by atoms with E-state index >= 15 is 0 Å². The number of hydrogen-bond donors (Lipinski definition) is 0. The van der Waals surface area contributed by atoms with E-state index in [9.17, 15) is 0 Å². The topological polar surface area (TPSA) is 3.24 Å². The third-order valence-electron chi connectivity index (χ3n) is 5.65. The normalized spacial score (nSPS) is 20.6. The van der Waals surface area contributed by atoms with Gasteiger partial charge in [-0.1, -0.05) is 72.6 Å². The predicted molar refractivity (Wildman–Crippen MR) is 95.8 cm³/mol. The highest BCUT2D eigenvalue weighted by atomic mass is 15.1. The van der Waals surface area contributed by atoms with Gasteiger partial charge in [0, 0.05) is 0 Å². The Balaban J connectivity index is 2.05. The summed E-state index contributed by atoms with van der Waals surface area (Å²) in [4.78, 5) is 2.73. The van der Waals surface area contributed by atoms with Crippen LogP contribution < -0.4 is 0 Å². The van der Waals surface area contributed by atoms with E-state index in [4.69, 9.17) is 0 Å². The van der Waals surface area contributed by atoms with Gasteiger partial charge < -0.3 is 4.90 Å². The zero-order valence-corrected chi connectivity index (χ0v) is 15.4. The van der Waals surface area contributed by atoms with E-state index in [0.717, 1.165) is 17.8 Å². The molecule has 0 radical (unpaired) electrons. The molecule has 1 rings (SSSR count). The molecule has 0 saturated carbocycles. The van der Waals surface area contributed by atoms with Crippen LogP contribution >= 0.6 is 0 Å². The molecule has 0 aliphatic carbocycles. The van der Waals surface area contributed by atoms with Crippen molar-refractivity contribution in [1.82, 2.24) is 4.90 Å². The van der Waals surface area contributed by atoms with Crippen molar-refractivity contribution in [2.75, 3.05) is 19.6 Å². The maximum Gasteiger partial charge on any atom is -0.00160 e. The molecule has 0 N–H and O–H groups in total. The van der Waals surface area contributed by atoms with E-state index in [0.29, 0.717) is 0 Å². The molecule has 126 valence electrons. The van der Waals surface area contributed by atoms with Crippen LogP contribution in [0.15, 0.2) is 0 Å². The van der Waals surface area contributed by atoms with Crippen LogP contribution in [0.3, 0.4) is 0 Å². The van der Waals surface area contributed by atoms with Crippen LogP contribution in [0.5, 0.6) is 0 Å². The Morgan fingerprint density at radius 2 is 1.57 bits per heavy atom. The minimum Gasteiger partial charge on any atom is -0.303 e.